The highest BCUT2D eigenvalue weighted by Crippen LogP contribution is 2.30. The second kappa shape index (κ2) is 53.1. The normalized spacial score (nSPS) is 10.0. The van der Waals surface area contributed by atoms with E-state index in [-0.39, 0.29) is 57.0 Å². The number of carbonyl (C=O) groups is 8. The van der Waals surface area contributed by atoms with E-state index in [9.17, 15) is 48.6 Å². The molecule has 2 N–H and O–H groups in total. The van der Waals surface area contributed by atoms with Gasteiger partial charge in [-0.05, 0) is 319 Å². The molecule has 0 spiro atoms. The van der Waals surface area contributed by atoms with E-state index in [0.29, 0.717) is 68.0 Å². The maximum atomic E-state index is 13.9. The van der Waals surface area contributed by atoms with Gasteiger partial charge in [0.15, 0.2) is 0 Å². The summed E-state index contributed by atoms with van der Waals surface area (Å²) >= 11 is 5.36. The van der Waals surface area contributed by atoms with Crippen LogP contribution < -0.4 is 33.2 Å². The Hall–Kier alpha value is -15.9. The number of phenolic OH excluding ortho intramolecular Hbond substituents is 2. The molecule has 20 nitrogen and oxygen atoms in total. The van der Waals surface area contributed by atoms with Crippen molar-refractivity contribution in [3.8, 4) is 99.1 Å². The van der Waals surface area contributed by atoms with Crippen molar-refractivity contribution in [2.75, 3.05) is 39.6 Å². The molecule has 0 fully saturated rings. The van der Waals surface area contributed by atoms with Crippen molar-refractivity contribution in [1.29, 1.82) is 0 Å². The monoisotopic (exact) mass is 1720 g/mol. The topological polar surface area (TPSA) is 269 Å². The first-order valence-electron chi connectivity index (χ1n) is 40.7. The number of phenols is 2. The minimum atomic E-state index is -0.880. The van der Waals surface area contributed by atoms with E-state index in [0.717, 1.165) is 146 Å². The molecule has 0 atom stereocenters. The minimum Gasteiger partial charge on any atom is -0.508 e. The molecule has 0 radical (unpaired) electrons. The molecule has 11 aromatic carbocycles. The van der Waals surface area contributed by atoms with Gasteiger partial charge in [-0.25, -0.2) is 33.6 Å². The van der Waals surface area contributed by atoms with Gasteiger partial charge in [-0.15, -0.1) is 0 Å². The molecule has 0 aliphatic carbocycles. The van der Waals surface area contributed by atoms with Crippen LogP contribution >= 0.6 is 11.6 Å². The van der Waals surface area contributed by atoms with E-state index < -0.39 is 41.1 Å². The highest BCUT2D eigenvalue weighted by molar-refractivity contribution is 6.67. The first-order valence-corrected chi connectivity index (χ1v) is 41.1. The number of benzene rings is 11. The van der Waals surface area contributed by atoms with Crippen LogP contribution in [0.4, 0.5) is 0 Å². The quantitative estimate of drug-likeness (QED) is 0.00540. The lowest BCUT2D eigenvalue weighted by Gasteiger charge is -2.13. The first-order chi connectivity index (χ1) is 61.8. The number of rotatable bonds is 36. The Balaban J connectivity index is 0.000000273. The van der Waals surface area contributed by atoms with E-state index in [1.807, 2.05) is 109 Å². The lowest BCUT2D eigenvalue weighted by molar-refractivity contribution is -0.138. The van der Waals surface area contributed by atoms with Gasteiger partial charge >= 0.3 is 41.8 Å². The summed E-state index contributed by atoms with van der Waals surface area (Å²) in [7, 11) is 0. The molecule has 11 aromatic rings. The fourth-order valence-electron chi connectivity index (χ4n) is 11.3. The third kappa shape index (κ3) is 35.2. The van der Waals surface area contributed by atoms with E-state index >= 15 is 0 Å². The van der Waals surface area contributed by atoms with Gasteiger partial charge in [-0.1, -0.05) is 103 Å². The van der Waals surface area contributed by atoms with Gasteiger partial charge in [-0.2, -0.15) is 0 Å². The summed E-state index contributed by atoms with van der Waals surface area (Å²) in [5, 5.41) is 18.8. The van der Waals surface area contributed by atoms with Crippen molar-refractivity contribution < 1.29 is 95.9 Å². The largest absolute Gasteiger partial charge is 0.508 e. The van der Waals surface area contributed by atoms with Crippen LogP contribution in [-0.2, 0) is 28.6 Å². The summed E-state index contributed by atoms with van der Waals surface area (Å²) in [6.45, 7) is 12.7. The van der Waals surface area contributed by atoms with Crippen molar-refractivity contribution in [2.45, 2.75) is 77.0 Å². The molecule has 127 heavy (non-hydrogen) atoms. The van der Waals surface area contributed by atoms with Crippen molar-refractivity contribution in [3.63, 3.8) is 0 Å². The number of halogens is 1. The van der Waals surface area contributed by atoms with E-state index in [4.69, 9.17) is 59.0 Å². The molecular weight excluding hydrogens is 1630 g/mol. The summed E-state index contributed by atoms with van der Waals surface area (Å²) in [6.07, 6.45) is 13.8. The Labute approximate surface area is 743 Å². The second-order valence-electron chi connectivity index (χ2n) is 27.6. The van der Waals surface area contributed by atoms with Gasteiger partial charge in [0.05, 0.1) is 50.8 Å². The predicted octanol–water partition coefficient (Wildman–Crippen LogP) is 20.3. The third-order valence-electron chi connectivity index (χ3n) is 18.1. The molecule has 0 heterocycles. The van der Waals surface area contributed by atoms with Crippen LogP contribution in [0.3, 0.4) is 0 Å². The van der Waals surface area contributed by atoms with Crippen molar-refractivity contribution >= 4 is 58.6 Å². The van der Waals surface area contributed by atoms with Crippen molar-refractivity contribution in [2.24, 2.45) is 0 Å². The molecule has 642 valence electrons. The molecule has 0 aliphatic heterocycles. The fourth-order valence-corrected chi connectivity index (χ4v) is 11.4. The molecule has 0 aliphatic rings. The van der Waals surface area contributed by atoms with Crippen LogP contribution in [0.5, 0.6) is 51.7 Å². The Morgan fingerprint density at radius 1 is 0.276 bits per heavy atom. The van der Waals surface area contributed by atoms with Gasteiger partial charge in [0, 0.05) is 68.3 Å². The van der Waals surface area contributed by atoms with E-state index in [1.165, 1.54) is 30.3 Å². The number of aromatic hydroxyl groups is 2. The Bertz CT molecular complexity index is 5790. The van der Waals surface area contributed by atoms with E-state index in [1.54, 1.807) is 121 Å². The van der Waals surface area contributed by atoms with Gasteiger partial charge in [0.25, 0.3) is 5.24 Å². The number of carbonyl (C=O) groups excluding carboxylic acids is 8. The lowest BCUT2D eigenvalue weighted by atomic mass is 10.1. The van der Waals surface area contributed by atoms with Crippen LogP contribution in [0, 0.1) is 47.4 Å². The van der Waals surface area contributed by atoms with E-state index in [2.05, 4.69) is 67.1 Å². The highest BCUT2D eigenvalue weighted by atomic mass is 35.5. The molecular formula is C106H91ClO20. The zero-order valence-corrected chi connectivity index (χ0v) is 70.4. The standard InChI is InChI=1S/C61H54O12.C29H18O4.C16H19ClO4/c1-3-57(62)69-42-14-7-5-12-40-67-51-34-28-49(29-35-51)59(64)72-54-38-39-56(73-60(65)50-30-36-52(37-31-50)68-41-13-6-8-15-43-70-58(63)4-2)55(44-54)61(66)71-53-32-26-48(27-33-53)25-24-47-22-20-46(21-23-47)19-18-45-16-10-9-11-17-45;30-25-16-19-28(31)27(20-25)29(32)33-26-17-14-24(15-18-26)13-12-23-10-8-22(9-11-23)7-6-21-4-2-1-3-5-21;1-2-15(18)21-12-6-4-3-5-11-20-14-9-7-13(8-10-14)16(17)19/h3-4,9-11,16-17,20-23,26-39,44H,1-2,5-8,12-15,40-43H2;1-5,8-11,14-20,30-31H;2,7-10H,1,3-6,11-12H2. The van der Waals surface area contributed by atoms with Gasteiger partial charge in [0.1, 0.15) is 62.9 Å². The van der Waals surface area contributed by atoms with Crippen LogP contribution in [0.25, 0.3) is 0 Å². The lowest BCUT2D eigenvalue weighted by Crippen LogP contribution is -2.15. The summed E-state index contributed by atoms with van der Waals surface area (Å²) in [5.41, 5.74) is 7.33. The van der Waals surface area contributed by atoms with Crippen LogP contribution in [0.15, 0.2) is 305 Å². The molecule has 0 amide bonds. The molecule has 11 rings (SSSR count). The number of esters is 7. The van der Waals surface area contributed by atoms with Crippen molar-refractivity contribution in [1.82, 2.24) is 0 Å². The SMILES string of the molecule is C=CC(=O)OCCCCCCOc1ccc(C(=O)Cl)cc1.C=CC(=O)OCCCCCCOc1ccc(C(=O)Oc2ccc(OC(=O)c3ccc(OCCCCCCOC(=O)C=C)cc3)c(C(=O)Oc3ccc(C#Cc4ccc(C#Cc5ccccc5)cc4)cc3)c2)cc1.O=C(Oc1ccc(C#Cc2ccc(C#Cc3ccccc3)cc2)cc1)c1cc(O)ccc1O. The van der Waals surface area contributed by atoms with Gasteiger partial charge in [0.2, 0.25) is 0 Å². The summed E-state index contributed by atoms with van der Waals surface area (Å²) in [5.74, 6) is 22.4. The van der Waals surface area contributed by atoms with Gasteiger partial charge in [-0.3, -0.25) is 4.79 Å². The van der Waals surface area contributed by atoms with Crippen molar-refractivity contribution in [3.05, 3.63) is 377 Å². The summed E-state index contributed by atoms with van der Waals surface area (Å²) < 4.78 is 54.5. The Kier molecular flexibility index (Phi) is 39.7. The number of hydrogen-bond donors (Lipinski definition) is 2. The summed E-state index contributed by atoms with van der Waals surface area (Å²) in [4.78, 5) is 96.9. The molecule has 0 bridgehead atoms. The van der Waals surface area contributed by atoms with Crippen LogP contribution in [-0.4, -0.2) is 96.9 Å². The second-order valence-corrected chi connectivity index (χ2v) is 27.9. The maximum absolute atomic E-state index is 13.9. The highest BCUT2D eigenvalue weighted by Gasteiger charge is 2.23. The Morgan fingerprint density at radius 2 is 0.559 bits per heavy atom. The molecule has 21 heteroatoms. The van der Waals surface area contributed by atoms with Crippen LogP contribution in [0.1, 0.15) is 173 Å². The maximum Gasteiger partial charge on any atom is 0.347 e. The summed E-state index contributed by atoms with van der Waals surface area (Å²) in [6, 6.07) is 75.4. The average Bonchev–Trinajstić information content (AvgIpc) is 0.816. The molecule has 0 saturated heterocycles. The molecule has 0 saturated carbocycles. The smallest absolute Gasteiger partial charge is 0.347 e. The number of unbranched alkanes of at least 4 members (excludes halogenated alkanes) is 9. The third-order valence-corrected chi connectivity index (χ3v) is 18.3. The average molecular weight is 1720 g/mol. The van der Waals surface area contributed by atoms with Gasteiger partial charge < -0.3 is 57.6 Å². The number of hydrogen-bond acceptors (Lipinski definition) is 20. The predicted molar refractivity (Wildman–Crippen MR) is 483 cm³/mol. The zero-order chi connectivity index (χ0) is 90.0. The fraction of sp³-hybridized carbons (Fsp3) is 0.170. The Morgan fingerprint density at radius 3 is 0.898 bits per heavy atom. The molecule has 0 unspecified atom stereocenters. The molecule has 0 aromatic heterocycles. The minimum absolute atomic E-state index is 0.00384. The zero-order valence-electron chi connectivity index (χ0n) is 69.6. The van der Waals surface area contributed by atoms with Crippen LogP contribution in [0.2, 0.25) is 0 Å². The first kappa shape index (κ1) is 95.0. The number of ether oxygens (including phenoxy) is 10.